The van der Waals surface area contributed by atoms with E-state index in [1.165, 1.54) is 6.07 Å². The minimum Gasteiger partial charge on any atom is -0.377 e. The number of fused-ring (bicyclic) bond motifs is 3. The van der Waals surface area contributed by atoms with Crippen molar-refractivity contribution in [3.05, 3.63) is 69.0 Å². The Balaban J connectivity index is 1.35. The largest absolute Gasteiger partial charge is 0.377 e. The number of benzene rings is 1. The Morgan fingerprint density at radius 1 is 1.12 bits per heavy atom. The van der Waals surface area contributed by atoms with Crippen LogP contribution in [0.5, 0.6) is 0 Å². The molecule has 0 radical (unpaired) electrons. The molecule has 1 aromatic carbocycles. The van der Waals surface area contributed by atoms with Crippen LogP contribution in [0.3, 0.4) is 0 Å². The van der Waals surface area contributed by atoms with E-state index >= 15 is 0 Å². The molecule has 1 amide bonds. The quantitative estimate of drug-likeness (QED) is 0.293. The Morgan fingerprint density at radius 2 is 1.84 bits per heavy atom. The van der Waals surface area contributed by atoms with Crippen molar-refractivity contribution in [2.75, 3.05) is 34.5 Å². The molecule has 3 aromatic heterocycles. The molecule has 15 heteroatoms. The van der Waals surface area contributed by atoms with Crippen LogP contribution in [0.1, 0.15) is 41.0 Å². The van der Waals surface area contributed by atoms with Crippen LogP contribution in [0.25, 0.3) is 10.9 Å². The monoisotopic (exact) mass is 625 g/mol. The van der Waals surface area contributed by atoms with Crippen LogP contribution in [0.4, 0.5) is 17.3 Å². The van der Waals surface area contributed by atoms with Gasteiger partial charge in [0, 0.05) is 45.0 Å². The summed E-state index contributed by atoms with van der Waals surface area (Å²) in [5, 5.41) is 8.10. The predicted octanol–water partition coefficient (Wildman–Crippen LogP) is 2.35. The summed E-state index contributed by atoms with van der Waals surface area (Å²) in [5.41, 5.74) is 3.24. The van der Waals surface area contributed by atoms with Gasteiger partial charge in [0.25, 0.3) is 11.5 Å². The number of aromatic nitrogens is 5. The first-order valence-electron chi connectivity index (χ1n) is 13.8. The Bertz CT molecular complexity index is 1940. The second-order valence-corrected chi connectivity index (χ2v) is 13.5. The lowest BCUT2D eigenvalue weighted by molar-refractivity contribution is 0.0977. The summed E-state index contributed by atoms with van der Waals surface area (Å²) in [4.78, 5) is 40.2. The van der Waals surface area contributed by atoms with E-state index in [1.54, 1.807) is 22.4 Å². The minimum atomic E-state index is -3.83. The van der Waals surface area contributed by atoms with Crippen LogP contribution in [0, 0.1) is 6.92 Å². The van der Waals surface area contributed by atoms with Gasteiger partial charge in [-0.1, -0.05) is 17.7 Å². The number of carbonyl (C=O) groups excluding carboxylic acids is 1. The van der Waals surface area contributed by atoms with E-state index in [2.05, 4.69) is 25.2 Å². The number of sulfonamides is 1. The fourth-order valence-corrected chi connectivity index (χ4v) is 6.75. The van der Waals surface area contributed by atoms with E-state index in [-0.39, 0.29) is 34.2 Å². The first-order valence-corrected chi connectivity index (χ1v) is 16.0. The molecule has 226 valence electrons. The van der Waals surface area contributed by atoms with Crippen LogP contribution in [0.15, 0.2) is 41.5 Å². The molecule has 2 saturated heterocycles. The van der Waals surface area contributed by atoms with Crippen molar-refractivity contribution in [2.24, 2.45) is 14.1 Å². The maximum absolute atomic E-state index is 13.7. The van der Waals surface area contributed by atoms with Gasteiger partial charge in [0.15, 0.2) is 5.69 Å². The van der Waals surface area contributed by atoms with E-state index in [1.807, 2.05) is 50.1 Å². The van der Waals surface area contributed by atoms with Gasteiger partial charge in [-0.2, -0.15) is 5.10 Å². The van der Waals surface area contributed by atoms with E-state index < -0.39 is 22.0 Å². The van der Waals surface area contributed by atoms with E-state index in [0.29, 0.717) is 16.9 Å². The Morgan fingerprint density at radius 3 is 2.49 bits per heavy atom. The van der Waals surface area contributed by atoms with Gasteiger partial charge in [-0.15, -0.1) is 0 Å². The number of anilines is 3. The zero-order valence-electron chi connectivity index (χ0n) is 24.4. The third-order valence-corrected chi connectivity index (χ3v) is 8.81. The summed E-state index contributed by atoms with van der Waals surface area (Å²) in [7, 11) is -0.169. The maximum atomic E-state index is 13.7. The molecule has 6 rings (SSSR count). The van der Waals surface area contributed by atoms with E-state index in [4.69, 9.17) is 16.6 Å². The maximum Gasteiger partial charge on any atom is 0.285 e. The SMILES string of the molecule is Cc1cc([C@@H](C)Nc2ccc(Cl)nc2C(=O)NS(C)(=O)=O)c2nc(N3C[C@H]4C[C@@H]3CN4c3cnn(C)c3)n(C)c(=O)c2c1. The third-order valence-electron chi connectivity index (χ3n) is 8.04. The minimum absolute atomic E-state index is 0.0367. The Labute approximate surface area is 253 Å². The number of aryl methyl sites for hydroxylation is 2. The van der Waals surface area contributed by atoms with Gasteiger partial charge < -0.3 is 15.1 Å². The number of pyridine rings is 1. The van der Waals surface area contributed by atoms with Crippen molar-refractivity contribution < 1.29 is 13.2 Å². The molecule has 2 fully saturated rings. The van der Waals surface area contributed by atoms with Crippen LogP contribution >= 0.6 is 11.6 Å². The lowest BCUT2D eigenvalue weighted by Crippen LogP contribution is -2.48. The normalized spacial score (nSPS) is 18.8. The molecule has 2 aliphatic rings. The summed E-state index contributed by atoms with van der Waals surface area (Å²) >= 11 is 6.04. The van der Waals surface area contributed by atoms with Gasteiger partial charge in [0.1, 0.15) is 5.15 Å². The summed E-state index contributed by atoms with van der Waals surface area (Å²) in [6.45, 7) is 5.33. The molecule has 5 heterocycles. The van der Waals surface area contributed by atoms with Crippen molar-refractivity contribution in [3.63, 3.8) is 0 Å². The standard InChI is InChI=1S/C28H32ClN9O4S/c1-15-8-20(16(2)31-22-6-7-23(29)32-25(22)26(39)34-43(5,41)42)24-21(9-15)27(40)36(4)28(33-24)38-14-17-10-18(38)13-37(17)19-11-30-35(3)12-19/h6-9,11-12,16-18,31H,10,13-14H2,1-5H3,(H,34,39)/t16-,17-,18-/m1/s1. The summed E-state index contributed by atoms with van der Waals surface area (Å²) in [6.07, 6.45) is 5.74. The van der Waals surface area contributed by atoms with Crippen molar-refractivity contribution in [3.8, 4) is 0 Å². The Hall–Kier alpha value is -4.17. The average molecular weight is 626 g/mol. The highest BCUT2D eigenvalue weighted by atomic mass is 35.5. The molecule has 0 unspecified atom stereocenters. The lowest BCUT2D eigenvalue weighted by atomic mass is 10.0. The summed E-state index contributed by atoms with van der Waals surface area (Å²) in [5.74, 6) is -0.304. The van der Waals surface area contributed by atoms with Crippen molar-refractivity contribution in [1.82, 2.24) is 29.0 Å². The molecule has 2 bridgehead atoms. The smallest absolute Gasteiger partial charge is 0.285 e. The molecular formula is C28H32ClN9O4S. The first kappa shape index (κ1) is 28.9. The van der Waals surface area contributed by atoms with E-state index in [0.717, 1.165) is 42.6 Å². The summed E-state index contributed by atoms with van der Waals surface area (Å²) in [6, 6.07) is 6.89. The molecule has 0 aliphatic carbocycles. The van der Waals surface area contributed by atoms with Crippen molar-refractivity contribution in [2.45, 2.75) is 38.4 Å². The van der Waals surface area contributed by atoms with Gasteiger partial charge in [-0.3, -0.25) is 18.8 Å². The zero-order valence-corrected chi connectivity index (χ0v) is 25.9. The van der Waals surface area contributed by atoms with Crippen LogP contribution in [-0.2, 0) is 24.1 Å². The fourth-order valence-electron chi connectivity index (χ4n) is 6.17. The predicted molar refractivity (Wildman–Crippen MR) is 165 cm³/mol. The number of hydrogen-bond donors (Lipinski definition) is 2. The molecule has 4 aromatic rings. The van der Waals surface area contributed by atoms with Crippen LogP contribution in [0.2, 0.25) is 5.15 Å². The highest BCUT2D eigenvalue weighted by Crippen LogP contribution is 2.37. The van der Waals surface area contributed by atoms with E-state index in [9.17, 15) is 18.0 Å². The second kappa shape index (κ2) is 10.5. The lowest BCUT2D eigenvalue weighted by Gasteiger charge is -2.36. The van der Waals surface area contributed by atoms with Crippen molar-refractivity contribution in [1.29, 1.82) is 0 Å². The van der Waals surface area contributed by atoms with Gasteiger partial charge in [0.05, 0.1) is 46.8 Å². The average Bonchev–Trinajstić information content (AvgIpc) is 3.66. The highest BCUT2D eigenvalue weighted by Gasteiger charge is 2.45. The number of hydrogen-bond acceptors (Lipinski definition) is 10. The van der Waals surface area contributed by atoms with Gasteiger partial charge in [0.2, 0.25) is 16.0 Å². The zero-order chi connectivity index (χ0) is 30.8. The second-order valence-electron chi connectivity index (χ2n) is 11.3. The number of piperazine rings is 1. The van der Waals surface area contributed by atoms with Gasteiger partial charge >= 0.3 is 0 Å². The van der Waals surface area contributed by atoms with Gasteiger partial charge in [-0.05, 0) is 44.0 Å². The van der Waals surface area contributed by atoms with Crippen molar-refractivity contribution >= 4 is 55.8 Å². The third kappa shape index (κ3) is 5.40. The number of rotatable bonds is 7. The highest BCUT2D eigenvalue weighted by molar-refractivity contribution is 7.89. The number of halogens is 1. The molecule has 3 atom stereocenters. The molecule has 0 saturated carbocycles. The first-order chi connectivity index (χ1) is 20.3. The molecule has 13 nitrogen and oxygen atoms in total. The molecule has 2 N–H and O–H groups in total. The topological polar surface area (TPSA) is 147 Å². The number of carbonyl (C=O) groups is 1. The van der Waals surface area contributed by atoms with Crippen LogP contribution in [-0.4, -0.2) is 70.1 Å². The molecule has 43 heavy (non-hydrogen) atoms. The number of nitrogens with zero attached hydrogens (tertiary/aromatic N) is 7. The number of nitrogens with one attached hydrogen (secondary N) is 2. The fraction of sp³-hybridized carbons (Fsp3) is 0.393. The summed E-state index contributed by atoms with van der Waals surface area (Å²) < 4.78 is 28.8. The number of amides is 1. The Kier molecular flexibility index (Phi) is 7.08. The van der Waals surface area contributed by atoms with Crippen LogP contribution < -0.4 is 25.4 Å². The van der Waals surface area contributed by atoms with Gasteiger partial charge in [-0.25, -0.2) is 23.1 Å². The molecule has 0 spiro atoms. The molecular weight excluding hydrogens is 594 g/mol. The molecule has 2 aliphatic heterocycles.